The molecule has 0 unspecified atom stereocenters. The van der Waals surface area contributed by atoms with E-state index in [2.05, 4.69) is 250 Å². The molecule has 0 fully saturated rings. The standard InChI is InChI=1S/C62H50N4O/c1-61(2,3)41-32-33-63-58(36-41)66-55-28-15-14-24-51(55)52-31-30-44(38-57(52)66)67-45-35-42(62(4,5)6)34-43(37-45)64-39-65-59-46(40-18-8-7-9-19-40)25-16-26-53(59)49-22-12-10-20-47(49)48-21-11-13-23-50(48)54-27-17-29-56(64)60(54)65/h7-38H,1-6H3. The average molecular weight is 867 g/mol. The highest BCUT2D eigenvalue weighted by Gasteiger charge is 2.27. The summed E-state index contributed by atoms with van der Waals surface area (Å²) < 4.78 is 13.9. The number of rotatable bonds is 5. The summed E-state index contributed by atoms with van der Waals surface area (Å²) in [5.41, 5.74) is 17.8. The zero-order valence-electron chi connectivity index (χ0n) is 38.7. The Bertz CT molecular complexity index is 3750. The van der Waals surface area contributed by atoms with Crippen molar-refractivity contribution in [2.24, 2.45) is 0 Å². The molecule has 67 heavy (non-hydrogen) atoms. The highest BCUT2D eigenvalue weighted by atomic mass is 16.5. The average Bonchev–Trinajstić information content (AvgIpc) is 3.90. The van der Waals surface area contributed by atoms with Crippen molar-refractivity contribution in [1.82, 2.24) is 14.1 Å². The van der Waals surface area contributed by atoms with Crippen molar-refractivity contribution in [3.63, 3.8) is 0 Å². The van der Waals surface area contributed by atoms with Crippen LogP contribution >= 0.6 is 0 Å². The van der Waals surface area contributed by atoms with Crippen LogP contribution in [0.1, 0.15) is 52.7 Å². The summed E-state index contributed by atoms with van der Waals surface area (Å²) in [6, 6.07) is 67.8. The van der Waals surface area contributed by atoms with E-state index in [1.165, 1.54) is 33.2 Å². The maximum Gasteiger partial charge on any atom is 0.269 e. The first-order chi connectivity index (χ1) is 32.5. The number of fused-ring (bicyclic) bond motifs is 10. The van der Waals surface area contributed by atoms with Crippen molar-refractivity contribution in [3.8, 4) is 73.2 Å². The molecule has 0 saturated carbocycles. The normalized spacial score (nSPS) is 12.3. The van der Waals surface area contributed by atoms with Gasteiger partial charge < -0.3 is 4.74 Å². The smallest absolute Gasteiger partial charge is 0.269 e. The van der Waals surface area contributed by atoms with E-state index in [1.807, 2.05) is 6.20 Å². The molecule has 4 heterocycles. The molecule has 3 aromatic heterocycles. The van der Waals surface area contributed by atoms with Gasteiger partial charge in [-0.1, -0.05) is 175 Å². The van der Waals surface area contributed by atoms with Crippen molar-refractivity contribution in [3.05, 3.63) is 212 Å². The van der Waals surface area contributed by atoms with E-state index in [0.29, 0.717) is 0 Å². The number of imidazole rings is 1. The highest BCUT2D eigenvalue weighted by Crippen LogP contribution is 2.45. The second kappa shape index (κ2) is 15.3. The predicted molar refractivity (Wildman–Crippen MR) is 275 cm³/mol. The number of hydrogen-bond donors (Lipinski definition) is 0. The van der Waals surface area contributed by atoms with Gasteiger partial charge in [0.25, 0.3) is 6.33 Å². The number of pyridine rings is 1. The summed E-state index contributed by atoms with van der Waals surface area (Å²) in [6.07, 6.45) is 5.91. The molecule has 0 N–H and O–H groups in total. The summed E-state index contributed by atoms with van der Waals surface area (Å²) >= 11 is 0. The molecule has 0 aliphatic carbocycles. The Kier molecular flexibility index (Phi) is 9.24. The Morgan fingerprint density at radius 1 is 0.463 bits per heavy atom. The van der Waals surface area contributed by atoms with Crippen LogP contribution in [0, 0.1) is 6.33 Å². The van der Waals surface area contributed by atoms with E-state index in [4.69, 9.17) is 9.72 Å². The summed E-state index contributed by atoms with van der Waals surface area (Å²) in [5, 5.41) is 2.32. The van der Waals surface area contributed by atoms with Crippen LogP contribution in [0.3, 0.4) is 0 Å². The molecule has 0 saturated heterocycles. The third-order valence-corrected chi connectivity index (χ3v) is 13.5. The molecule has 0 amide bonds. The van der Waals surface area contributed by atoms with Gasteiger partial charge in [0.2, 0.25) is 0 Å². The van der Waals surface area contributed by atoms with Gasteiger partial charge in [0.1, 0.15) is 17.3 Å². The lowest BCUT2D eigenvalue weighted by Gasteiger charge is -2.22. The Hall–Kier alpha value is -8.02. The largest absolute Gasteiger partial charge is 0.458 e. The fourth-order valence-electron chi connectivity index (χ4n) is 10.1. The van der Waals surface area contributed by atoms with Crippen molar-refractivity contribution in [2.75, 3.05) is 0 Å². The van der Waals surface area contributed by atoms with Crippen molar-refractivity contribution in [2.45, 2.75) is 52.4 Å². The van der Waals surface area contributed by atoms with Gasteiger partial charge in [-0.05, 0) is 115 Å². The summed E-state index contributed by atoms with van der Waals surface area (Å²) in [4.78, 5) is 4.93. The molecule has 5 nitrogen and oxygen atoms in total. The van der Waals surface area contributed by atoms with Gasteiger partial charge in [0.05, 0.1) is 33.4 Å². The minimum Gasteiger partial charge on any atom is -0.458 e. The molecule has 12 rings (SSSR count). The second-order valence-electron chi connectivity index (χ2n) is 19.9. The molecule has 324 valence electrons. The Balaban J connectivity index is 1.08. The number of aromatic nitrogens is 4. The van der Waals surface area contributed by atoms with Gasteiger partial charge in [-0.15, -0.1) is 0 Å². The Morgan fingerprint density at radius 2 is 1.06 bits per heavy atom. The molecule has 5 heteroatoms. The minimum absolute atomic E-state index is 0.0250. The first-order valence-electron chi connectivity index (χ1n) is 23.2. The van der Waals surface area contributed by atoms with Gasteiger partial charge in [0, 0.05) is 23.0 Å². The number of para-hydroxylation sites is 3. The monoisotopic (exact) mass is 866 g/mol. The van der Waals surface area contributed by atoms with Gasteiger partial charge in [0.15, 0.2) is 0 Å². The van der Waals surface area contributed by atoms with Crippen LogP contribution in [0.25, 0.3) is 94.5 Å². The van der Waals surface area contributed by atoms with E-state index in [-0.39, 0.29) is 10.8 Å². The van der Waals surface area contributed by atoms with Crippen LogP contribution in [0.2, 0.25) is 0 Å². The number of ether oxygens (including phenoxy) is 1. The topological polar surface area (TPSA) is 35.9 Å². The van der Waals surface area contributed by atoms with Crippen LogP contribution in [0.5, 0.6) is 11.5 Å². The summed E-state index contributed by atoms with van der Waals surface area (Å²) in [6.45, 7) is 13.5. The van der Waals surface area contributed by atoms with Crippen LogP contribution < -0.4 is 9.30 Å². The molecule has 0 atom stereocenters. The quantitative estimate of drug-likeness (QED) is 0.128. The molecule has 1 aliphatic heterocycles. The first-order valence-corrected chi connectivity index (χ1v) is 23.2. The maximum atomic E-state index is 7.04. The zero-order valence-corrected chi connectivity index (χ0v) is 38.7. The minimum atomic E-state index is -0.186. The lowest BCUT2D eigenvalue weighted by atomic mass is 9.86. The van der Waals surface area contributed by atoms with Crippen molar-refractivity contribution in [1.29, 1.82) is 0 Å². The van der Waals surface area contributed by atoms with E-state index in [0.717, 1.165) is 84.0 Å². The Morgan fingerprint density at radius 3 is 1.81 bits per heavy atom. The van der Waals surface area contributed by atoms with Gasteiger partial charge in [-0.3, -0.25) is 13.7 Å². The SMILES string of the molecule is CC(C)(C)c1cc(Oc2ccc3c4ccccc4n(-c4cc(C(C)(C)C)ccn4)c3c2)cc(-n2[c-][n+]3c4c(cccc42)-c2ccccc2-c2ccccc2-c2cccc(-c4ccccc4)c2-3)c1. The third-order valence-electron chi connectivity index (χ3n) is 13.5. The van der Waals surface area contributed by atoms with E-state index < -0.39 is 0 Å². The van der Waals surface area contributed by atoms with Crippen LogP contribution in [-0.4, -0.2) is 14.1 Å². The molecular weight excluding hydrogens is 817 g/mol. The van der Waals surface area contributed by atoms with E-state index in [1.54, 1.807) is 0 Å². The van der Waals surface area contributed by atoms with Crippen molar-refractivity contribution >= 4 is 32.8 Å². The van der Waals surface area contributed by atoms with Crippen LogP contribution in [-0.2, 0) is 10.8 Å². The van der Waals surface area contributed by atoms with Gasteiger partial charge in [-0.25, -0.2) is 4.98 Å². The Labute approximate surface area is 391 Å². The zero-order chi connectivity index (χ0) is 45.6. The fraction of sp³-hybridized carbons (Fsp3) is 0.129. The summed E-state index contributed by atoms with van der Waals surface area (Å²) in [5.74, 6) is 2.39. The van der Waals surface area contributed by atoms with Gasteiger partial charge >= 0.3 is 0 Å². The van der Waals surface area contributed by atoms with E-state index in [9.17, 15) is 0 Å². The highest BCUT2D eigenvalue weighted by molar-refractivity contribution is 6.09. The van der Waals surface area contributed by atoms with E-state index >= 15 is 0 Å². The maximum absolute atomic E-state index is 7.04. The third kappa shape index (κ3) is 6.76. The number of hydrogen-bond acceptors (Lipinski definition) is 2. The molecule has 1 aliphatic rings. The molecule has 0 bridgehead atoms. The lowest BCUT2D eigenvalue weighted by Crippen LogP contribution is -2.32. The molecule has 0 radical (unpaired) electrons. The molecule has 8 aromatic carbocycles. The van der Waals surface area contributed by atoms with Crippen LogP contribution in [0.4, 0.5) is 0 Å². The summed E-state index contributed by atoms with van der Waals surface area (Å²) in [7, 11) is 0. The predicted octanol–water partition coefficient (Wildman–Crippen LogP) is 15.6. The molecule has 0 spiro atoms. The first kappa shape index (κ1) is 40.5. The molecule has 11 aromatic rings. The van der Waals surface area contributed by atoms with Crippen LogP contribution in [0.15, 0.2) is 194 Å². The number of nitrogens with zero attached hydrogens (tertiary/aromatic N) is 4. The lowest BCUT2D eigenvalue weighted by molar-refractivity contribution is -0.570. The van der Waals surface area contributed by atoms with Crippen molar-refractivity contribution < 1.29 is 9.30 Å². The molecular formula is C62H50N4O. The second-order valence-corrected chi connectivity index (χ2v) is 19.9. The van der Waals surface area contributed by atoms with Gasteiger partial charge in [-0.2, -0.15) is 0 Å². The fourth-order valence-corrected chi connectivity index (χ4v) is 10.1. The number of benzene rings is 8.